The molecule has 0 saturated heterocycles. The van der Waals surface area contributed by atoms with E-state index >= 15 is 0 Å². The number of hydrogen-bond donors (Lipinski definition) is 3. The minimum Gasteiger partial charge on any atom is -0.507 e. The van der Waals surface area contributed by atoms with Crippen LogP contribution in [-0.4, -0.2) is 26.8 Å². The third-order valence-electron chi connectivity index (χ3n) is 6.16. The highest BCUT2D eigenvalue weighted by molar-refractivity contribution is 6.04. The molecule has 1 aromatic heterocycles. The number of halogens is 1. The molecule has 0 radical (unpaired) electrons. The standard InChI is InChI=1S/C28H25FN4O3/c1-17-6-8-19(9-7-17)27(35)31-21-12-13-22(26(34)14-21)24-15-25(18-10-11-18)33(32-24)28(36)30-16-20-4-2-3-5-23(20)29/h2-9,12-15,18,34H,10-11,16H2,1H3,(H,30,36)(H,31,35). The van der Waals surface area contributed by atoms with Crippen molar-refractivity contribution in [3.63, 3.8) is 0 Å². The van der Waals surface area contributed by atoms with Crippen molar-refractivity contribution in [2.45, 2.75) is 32.2 Å². The lowest BCUT2D eigenvalue weighted by Gasteiger charge is -2.09. The van der Waals surface area contributed by atoms with Crippen LogP contribution in [0.1, 0.15) is 45.9 Å². The Morgan fingerprint density at radius 3 is 2.50 bits per heavy atom. The first-order valence-electron chi connectivity index (χ1n) is 11.7. The highest BCUT2D eigenvalue weighted by atomic mass is 19.1. The van der Waals surface area contributed by atoms with Crippen molar-refractivity contribution in [1.82, 2.24) is 15.1 Å². The molecule has 0 spiro atoms. The Balaban J connectivity index is 1.34. The number of rotatable bonds is 6. The number of amides is 2. The Morgan fingerprint density at radius 2 is 1.81 bits per heavy atom. The normalized spacial score (nSPS) is 12.8. The van der Waals surface area contributed by atoms with Gasteiger partial charge in [-0.3, -0.25) is 4.79 Å². The number of aromatic nitrogens is 2. The van der Waals surface area contributed by atoms with Gasteiger partial charge in [-0.05, 0) is 56.2 Å². The van der Waals surface area contributed by atoms with Crippen molar-refractivity contribution in [1.29, 1.82) is 0 Å². The number of aromatic hydroxyl groups is 1. The molecule has 1 aliphatic rings. The van der Waals surface area contributed by atoms with E-state index in [0.29, 0.717) is 28.1 Å². The van der Waals surface area contributed by atoms with Crippen molar-refractivity contribution in [3.05, 3.63) is 101 Å². The topological polar surface area (TPSA) is 96.3 Å². The summed E-state index contributed by atoms with van der Waals surface area (Å²) in [5, 5.41) is 20.6. The molecular weight excluding hydrogens is 459 g/mol. The van der Waals surface area contributed by atoms with Crippen LogP contribution in [0.4, 0.5) is 14.9 Å². The summed E-state index contributed by atoms with van der Waals surface area (Å²) in [6, 6.07) is 19.6. The van der Waals surface area contributed by atoms with Crippen LogP contribution in [0.2, 0.25) is 0 Å². The molecule has 3 aromatic carbocycles. The van der Waals surface area contributed by atoms with Gasteiger partial charge >= 0.3 is 6.03 Å². The maximum absolute atomic E-state index is 13.9. The fraction of sp³-hybridized carbons (Fsp3) is 0.179. The Kier molecular flexibility index (Phi) is 6.25. The number of carbonyl (C=O) groups is 2. The molecular formula is C28H25FN4O3. The van der Waals surface area contributed by atoms with Gasteiger partial charge in [-0.25, -0.2) is 9.18 Å². The maximum atomic E-state index is 13.9. The SMILES string of the molecule is Cc1ccc(C(=O)Nc2ccc(-c3cc(C4CC4)n(C(=O)NCc4ccccc4F)n3)c(O)c2)cc1. The largest absolute Gasteiger partial charge is 0.507 e. The number of anilines is 1. The van der Waals surface area contributed by atoms with Gasteiger partial charge in [-0.2, -0.15) is 9.78 Å². The number of hydrogen-bond acceptors (Lipinski definition) is 4. The number of phenolic OH excluding ortho intramolecular Hbond substituents is 1. The van der Waals surface area contributed by atoms with E-state index < -0.39 is 6.03 Å². The van der Waals surface area contributed by atoms with Crippen molar-refractivity contribution in [2.75, 3.05) is 5.32 Å². The second-order valence-electron chi connectivity index (χ2n) is 8.94. The lowest BCUT2D eigenvalue weighted by Crippen LogP contribution is -2.30. The number of aryl methyl sites for hydroxylation is 1. The lowest BCUT2D eigenvalue weighted by molar-refractivity contribution is 0.102. The van der Waals surface area contributed by atoms with E-state index in [9.17, 15) is 19.1 Å². The van der Waals surface area contributed by atoms with E-state index in [1.807, 2.05) is 19.1 Å². The lowest BCUT2D eigenvalue weighted by atomic mass is 10.1. The van der Waals surface area contributed by atoms with E-state index in [4.69, 9.17) is 0 Å². The van der Waals surface area contributed by atoms with Gasteiger partial charge in [0, 0.05) is 40.9 Å². The molecule has 3 N–H and O–H groups in total. The van der Waals surface area contributed by atoms with Crippen LogP contribution >= 0.6 is 0 Å². The minimum absolute atomic E-state index is 0.0332. The highest BCUT2D eigenvalue weighted by Gasteiger charge is 2.30. The van der Waals surface area contributed by atoms with Crippen LogP contribution in [0, 0.1) is 12.7 Å². The molecule has 7 nitrogen and oxygen atoms in total. The molecule has 182 valence electrons. The molecule has 1 saturated carbocycles. The molecule has 4 aromatic rings. The Morgan fingerprint density at radius 1 is 1.06 bits per heavy atom. The van der Waals surface area contributed by atoms with Crippen molar-refractivity contribution in [3.8, 4) is 17.0 Å². The van der Waals surface area contributed by atoms with Gasteiger partial charge in [-0.15, -0.1) is 0 Å². The highest BCUT2D eigenvalue weighted by Crippen LogP contribution is 2.42. The molecule has 0 unspecified atom stereocenters. The molecule has 36 heavy (non-hydrogen) atoms. The van der Waals surface area contributed by atoms with E-state index in [2.05, 4.69) is 15.7 Å². The Bertz CT molecular complexity index is 1440. The number of nitrogens with zero attached hydrogens (tertiary/aromatic N) is 2. The van der Waals surface area contributed by atoms with Crippen LogP contribution in [0.5, 0.6) is 5.75 Å². The first-order valence-corrected chi connectivity index (χ1v) is 11.7. The zero-order valence-corrected chi connectivity index (χ0v) is 19.7. The molecule has 0 atom stereocenters. The minimum atomic E-state index is -0.465. The van der Waals surface area contributed by atoms with E-state index in [1.165, 1.54) is 16.8 Å². The summed E-state index contributed by atoms with van der Waals surface area (Å²) in [4.78, 5) is 25.4. The zero-order valence-electron chi connectivity index (χ0n) is 19.7. The smallest absolute Gasteiger partial charge is 0.342 e. The second kappa shape index (κ2) is 9.65. The van der Waals surface area contributed by atoms with E-state index in [0.717, 1.165) is 24.1 Å². The van der Waals surface area contributed by atoms with Gasteiger partial charge in [0.2, 0.25) is 0 Å². The zero-order chi connectivity index (χ0) is 25.2. The van der Waals surface area contributed by atoms with Gasteiger partial charge in [-0.1, -0.05) is 35.9 Å². The van der Waals surface area contributed by atoms with Crippen molar-refractivity contribution in [2.24, 2.45) is 0 Å². The molecule has 8 heteroatoms. The monoisotopic (exact) mass is 484 g/mol. The van der Waals surface area contributed by atoms with Crippen LogP contribution in [0.25, 0.3) is 11.3 Å². The predicted molar refractivity (Wildman–Crippen MR) is 134 cm³/mol. The number of phenols is 1. The fourth-order valence-corrected chi connectivity index (χ4v) is 3.98. The third-order valence-corrected chi connectivity index (χ3v) is 6.16. The predicted octanol–water partition coefficient (Wildman–Crippen LogP) is 5.59. The first kappa shape index (κ1) is 23.3. The van der Waals surface area contributed by atoms with Gasteiger partial charge < -0.3 is 15.7 Å². The van der Waals surface area contributed by atoms with Crippen LogP contribution in [0.3, 0.4) is 0 Å². The molecule has 1 fully saturated rings. The molecule has 5 rings (SSSR count). The quantitative estimate of drug-likeness (QED) is 0.332. The molecule has 1 heterocycles. The second-order valence-corrected chi connectivity index (χ2v) is 8.94. The summed E-state index contributed by atoms with van der Waals surface area (Å²) in [6.45, 7) is 1.98. The van der Waals surface area contributed by atoms with Crippen LogP contribution in [0.15, 0.2) is 72.8 Å². The summed E-state index contributed by atoms with van der Waals surface area (Å²) in [6.07, 6.45) is 1.89. The number of carbonyl (C=O) groups excluding carboxylic acids is 2. The van der Waals surface area contributed by atoms with E-state index in [-0.39, 0.29) is 29.9 Å². The van der Waals surface area contributed by atoms with Crippen LogP contribution < -0.4 is 10.6 Å². The Hall–Kier alpha value is -4.46. The van der Waals surface area contributed by atoms with Gasteiger partial charge in [0.1, 0.15) is 11.6 Å². The molecule has 0 bridgehead atoms. The summed E-state index contributed by atoms with van der Waals surface area (Å²) < 4.78 is 15.2. The van der Waals surface area contributed by atoms with Gasteiger partial charge in [0.25, 0.3) is 5.91 Å². The number of benzene rings is 3. The van der Waals surface area contributed by atoms with E-state index in [1.54, 1.807) is 48.5 Å². The summed E-state index contributed by atoms with van der Waals surface area (Å²) in [7, 11) is 0. The molecule has 2 amide bonds. The molecule has 1 aliphatic carbocycles. The van der Waals surface area contributed by atoms with Crippen molar-refractivity contribution >= 4 is 17.6 Å². The summed E-state index contributed by atoms with van der Waals surface area (Å²) in [5.41, 5.74) is 4.00. The summed E-state index contributed by atoms with van der Waals surface area (Å²) >= 11 is 0. The van der Waals surface area contributed by atoms with Crippen molar-refractivity contribution < 1.29 is 19.1 Å². The number of nitrogens with one attached hydrogen (secondary N) is 2. The average Bonchev–Trinajstić information content (AvgIpc) is 3.62. The van der Waals surface area contributed by atoms with Gasteiger partial charge in [0.05, 0.1) is 11.4 Å². The summed E-state index contributed by atoms with van der Waals surface area (Å²) in [5.74, 6) is -0.536. The maximum Gasteiger partial charge on any atom is 0.342 e. The van der Waals surface area contributed by atoms with Crippen LogP contribution in [-0.2, 0) is 6.54 Å². The average molecular weight is 485 g/mol. The first-order chi connectivity index (χ1) is 17.4. The third kappa shape index (κ3) is 4.98. The fourth-order valence-electron chi connectivity index (χ4n) is 3.98. The van der Waals surface area contributed by atoms with Gasteiger partial charge in [0.15, 0.2) is 0 Å². The molecule has 0 aliphatic heterocycles. The Labute approximate surface area is 207 Å².